The van der Waals surface area contributed by atoms with E-state index in [2.05, 4.69) is 4.99 Å². The number of thiazole rings is 1. The van der Waals surface area contributed by atoms with Crippen LogP contribution in [0.5, 0.6) is 0 Å². The molecule has 0 saturated heterocycles. The molecule has 0 radical (unpaired) electrons. The summed E-state index contributed by atoms with van der Waals surface area (Å²) < 4.78 is 6.64. The number of aliphatic imine (C=N–C) groups is 1. The van der Waals surface area contributed by atoms with Gasteiger partial charge in [0.25, 0.3) is 0 Å². The lowest BCUT2D eigenvalue weighted by atomic mass is 10.6. The summed E-state index contributed by atoms with van der Waals surface area (Å²) in [5.41, 5.74) is 0. The van der Waals surface area contributed by atoms with Crippen LogP contribution in [0.1, 0.15) is 6.92 Å². The van der Waals surface area contributed by atoms with Crippen molar-refractivity contribution < 1.29 is 14.1 Å². The Kier molecular flexibility index (Phi) is 4.91. The maximum Gasteiger partial charge on any atom is 0.384 e. The van der Waals surface area contributed by atoms with Crippen molar-refractivity contribution in [1.29, 1.82) is 0 Å². The zero-order valence-electron chi connectivity index (χ0n) is 9.71. The molecule has 1 aromatic rings. The second kappa shape index (κ2) is 6.22. The van der Waals surface area contributed by atoms with Crippen molar-refractivity contribution in [3.05, 3.63) is 11.6 Å². The first-order valence-electron chi connectivity index (χ1n) is 4.96. The summed E-state index contributed by atoms with van der Waals surface area (Å²) >= 11 is 1.48. The van der Waals surface area contributed by atoms with Crippen LogP contribution in [-0.4, -0.2) is 37.9 Å². The van der Waals surface area contributed by atoms with Gasteiger partial charge >= 0.3 is 11.1 Å². The third-order valence-corrected chi connectivity index (χ3v) is 2.47. The maximum absolute atomic E-state index is 11.3. The Morgan fingerprint density at radius 2 is 2.44 bits per heavy atom. The number of hydrogen-bond donors (Lipinski definition) is 0. The van der Waals surface area contributed by atoms with Crippen LogP contribution in [0.15, 0.2) is 16.6 Å². The number of aromatic nitrogens is 1. The van der Waals surface area contributed by atoms with Gasteiger partial charge in [0, 0.05) is 19.5 Å². The largest absolute Gasteiger partial charge is 0.463 e. The van der Waals surface area contributed by atoms with E-state index in [-0.39, 0.29) is 12.5 Å². The molecule has 0 spiro atoms. The molecule has 0 bridgehead atoms. The van der Waals surface area contributed by atoms with Crippen molar-refractivity contribution in [2.75, 3.05) is 20.7 Å². The number of nitrogens with zero attached hydrogens (tertiary/aromatic N) is 3. The Labute approximate surface area is 99.0 Å². The van der Waals surface area contributed by atoms with Gasteiger partial charge < -0.3 is 9.64 Å². The molecular weight excluding hydrogens is 226 g/mol. The molecule has 1 heterocycles. The SMILES string of the molecule is CCOC(=O)C[n+]1ccsc1N=CN(C)C. The minimum Gasteiger partial charge on any atom is -0.463 e. The highest BCUT2D eigenvalue weighted by Gasteiger charge is 2.14. The van der Waals surface area contributed by atoms with Gasteiger partial charge in [-0.05, 0) is 11.9 Å². The first-order chi connectivity index (χ1) is 7.63. The van der Waals surface area contributed by atoms with Crippen LogP contribution >= 0.6 is 11.3 Å². The average molecular weight is 242 g/mol. The van der Waals surface area contributed by atoms with Gasteiger partial charge in [0.1, 0.15) is 6.20 Å². The molecule has 5 nitrogen and oxygen atoms in total. The highest BCUT2D eigenvalue weighted by molar-refractivity contribution is 7.12. The minimum atomic E-state index is -0.243. The maximum atomic E-state index is 11.3. The van der Waals surface area contributed by atoms with Crippen LogP contribution in [0, 0.1) is 0 Å². The van der Waals surface area contributed by atoms with Crippen LogP contribution in [0.4, 0.5) is 5.13 Å². The van der Waals surface area contributed by atoms with Crippen LogP contribution in [0.25, 0.3) is 0 Å². The van der Waals surface area contributed by atoms with E-state index in [0.29, 0.717) is 6.61 Å². The van der Waals surface area contributed by atoms with Crippen molar-refractivity contribution in [2.45, 2.75) is 13.5 Å². The Hall–Kier alpha value is -1.43. The summed E-state index contributed by atoms with van der Waals surface area (Å²) in [6, 6.07) is 0. The van der Waals surface area contributed by atoms with E-state index in [1.165, 1.54) is 11.3 Å². The third-order valence-electron chi connectivity index (χ3n) is 1.66. The summed E-state index contributed by atoms with van der Waals surface area (Å²) in [7, 11) is 3.79. The molecule has 0 aliphatic carbocycles. The molecule has 1 aromatic heterocycles. The molecule has 0 saturated carbocycles. The number of rotatable bonds is 5. The standard InChI is InChI=1S/C10H16N3O2S/c1-4-15-9(14)7-13-5-6-16-10(13)11-8-12(2)3/h5-6,8H,4,7H2,1-3H3/q+1. The van der Waals surface area contributed by atoms with E-state index >= 15 is 0 Å². The Balaban J connectivity index is 2.67. The fraction of sp³-hybridized carbons (Fsp3) is 0.500. The molecule has 0 aromatic carbocycles. The lowest BCUT2D eigenvalue weighted by Crippen LogP contribution is -2.36. The van der Waals surface area contributed by atoms with Crippen molar-refractivity contribution >= 4 is 28.8 Å². The van der Waals surface area contributed by atoms with Gasteiger partial charge in [0.05, 0.1) is 6.61 Å². The lowest BCUT2D eigenvalue weighted by molar-refractivity contribution is -0.668. The topological polar surface area (TPSA) is 45.8 Å². The van der Waals surface area contributed by atoms with Gasteiger partial charge in [-0.25, -0.2) is 9.36 Å². The van der Waals surface area contributed by atoms with E-state index in [9.17, 15) is 4.79 Å². The Morgan fingerprint density at radius 3 is 3.06 bits per heavy atom. The first kappa shape index (κ1) is 12.6. The fourth-order valence-electron chi connectivity index (χ4n) is 1.03. The average Bonchev–Trinajstić information content (AvgIpc) is 2.62. The van der Waals surface area contributed by atoms with Gasteiger partial charge in [0.15, 0.2) is 6.54 Å². The number of carbonyl (C=O) groups excluding carboxylic acids is 1. The van der Waals surface area contributed by atoms with Crippen molar-refractivity contribution in [1.82, 2.24) is 4.90 Å². The number of carbonyl (C=O) groups is 1. The lowest BCUT2D eigenvalue weighted by Gasteiger charge is -1.99. The molecule has 0 aliphatic heterocycles. The molecule has 0 unspecified atom stereocenters. The summed E-state index contributed by atoms with van der Waals surface area (Å²) in [4.78, 5) is 17.4. The molecule has 0 N–H and O–H groups in total. The second-order valence-corrected chi connectivity index (χ2v) is 4.20. The summed E-state index contributed by atoms with van der Waals surface area (Å²) in [5.74, 6) is -0.243. The molecule has 0 atom stereocenters. The molecule has 0 amide bonds. The summed E-state index contributed by atoms with van der Waals surface area (Å²) in [5, 5.41) is 2.67. The second-order valence-electron chi connectivity index (χ2n) is 3.33. The van der Waals surface area contributed by atoms with Gasteiger partial charge in [0.2, 0.25) is 6.34 Å². The number of ether oxygens (including phenoxy) is 1. The monoisotopic (exact) mass is 242 g/mol. The third kappa shape index (κ3) is 3.98. The zero-order valence-corrected chi connectivity index (χ0v) is 10.5. The van der Waals surface area contributed by atoms with E-state index < -0.39 is 0 Å². The summed E-state index contributed by atoms with van der Waals surface area (Å²) in [6.07, 6.45) is 3.53. The molecule has 16 heavy (non-hydrogen) atoms. The molecule has 88 valence electrons. The van der Waals surface area contributed by atoms with Crippen LogP contribution in [0.2, 0.25) is 0 Å². The molecule has 0 aliphatic rings. The predicted molar refractivity (Wildman–Crippen MR) is 63.0 cm³/mol. The van der Waals surface area contributed by atoms with Gasteiger partial charge in [-0.15, -0.1) is 0 Å². The van der Waals surface area contributed by atoms with Crippen LogP contribution in [-0.2, 0) is 16.1 Å². The number of hydrogen-bond acceptors (Lipinski definition) is 4. The minimum absolute atomic E-state index is 0.206. The van der Waals surface area contributed by atoms with Crippen LogP contribution < -0.4 is 4.57 Å². The highest BCUT2D eigenvalue weighted by atomic mass is 32.1. The van der Waals surface area contributed by atoms with E-state index in [4.69, 9.17) is 4.74 Å². The molecule has 0 fully saturated rings. The van der Waals surface area contributed by atoms with Crippen LogP contribution in [0.3, 0.4) is 0 Å². The van der Waals surface area contributed by atoms with E-state index in [0.717, 1.165) is 5.13 Å². The zero-order chi connectivity index (χ0) is 12.0. The van der Waals surface area contributed by atoms with E-state index in [1.54, 1.807) is 17.8 Å². The highest BCUT2D eigenvalue weighted by Crippen LogP contribution is 2.12. The normalized spacial score (nSPS) is 10.7. The van der Waals surface area contributed by atoms with Crippen molar-refractivity contribution in [2.24, 2.45) is 4.99 Å². The smallest absolute Gasteiger partial charge is 0.384 e. The fourth-order valence-corrected chi connectivity index (χ4v) is 1.73. The Bertz CT molecular complexity index is 374. The van der Waals surface area contributed by atoms with E-state index in [1.807, 2.05) is 30.6 Å². The van der Waals surface area contributed by atoms with Crippen molar-refractivity contribution in [3.63, 3.8) is 0 Å². The predicted octanol–water partition coefficient (Wildman–Crippen LogP) is 0.820. The molecular formula is C10H16N3O2S+. The number of esters is 1. The van der Waals surface area contributed by atoms with Gasteiger partial charge in [-0.1, -0.05) is 11.3 Å². The Morgan fingerprint density at radius 1 is 1.69 bits per heavy atom. The van der Waals surface area contributed by atoms with Crippen molar-refractivity contribution in [3.8, 4) is 0 Å². The first-order valence-corrected chi connectivity index (χ1v) is 5.84. The van der Waals surface area contributed by atoms with Gasteiger partial charge in [-0.2, -0.15) is 0 Å². The molecule has 6 heteroatoms. The summed E-state index contributed by atoms with van der Waals surface area (Å²) in [6.45, 7) is 2.40. The quantitative estimate of drug-likeness (QED) is 0.332. The van der Waals surface area contributed by atoms with Gasteiger partial charge in [-0.3, -0.25) is 0 Å². The molecule has 1 rings (SSSR count).